The van der Waals surface area contributed by atoms with Crippen LogP contribution in [0.25, 0.3) is 0 Å². The molecule has 1 fully saturated rings. The summed E-state index contributed by atoms with van der Waals surface area (Å²) >= 11 is 1.81. The van der Waals surface area contributed by atoms with Gasteiger partial charge in [-0.2, -0.15) is 0 Å². The third kappa shape index (κ3) is 6.10. The molecule has 1 aliphatic rings. The lowest BCUT2D eigenvalue weighted by Crippen LogP contribution is -2.35. The van der Waals surface area contributed by atoms with E-state index in [0.29, 0.717) is 16.9 Å². The van der Waals surface area contributed by atoms with E-state index in [1.54, 1.807) is 0 Å². The number of carbonyl (C=O) groups excluding carboxylic acids is 1. The highest BCUT2D eigenvalue weighted by molar-refractivity contribution is 8.00. The van der Waals surface area contributed by atoms with Crippen LogP contribution in [-0.4, -0.2) is 36.5 Å². The van der Waals surface area contributed by atoms with Crippen LogP contribution < -0.4 is 10.6 Å². The van der Waals surface area contributed by atoms with E-state index in [9.17, 15) is 4.79 Å². The van der Waals surface area contributed by atoms with Crippen molar-refractivity contribution in [3.8, 4) is 0 Å². The van der Waals surface area contributed by atoms with E-state index in [2.05, 4.69) is 38.3 Å². The van der Waals surface area contributed by atoms with Gasteiger partial charge < -0.3 is 10.6 Å². The average Bonchev–Trinajstić information content (AvgIpc) is 2.33. The molecule has 0 spiro atoms. The topological polar surface area (TPSA) is 41.1 Å². The maximum absolute atomic E-state index is 11.8. The summed E-state index contributed by atoms with van der Waals surface area (Å²) in [6.45, 7) is 11.8. The maximum Gasteiger partial charge on any atom is 0.230 e. The van der Waals surface area contributed by atoms with Gasteiger partial charge in [-0.05, 0) is 37.3 Å². The number of thioether (sulfide) groups is 1. The number of carbonyl (C=O) groups is 1. The molecule has 0 radical (unpaired) electrons. The molecule has 0 bridgehead atoms. The summed E-state index contributed by atoms with van der Waals surface area (Å²) in [5.41, 5.74) is 0.259. The Labute approximate surface area is 116 Å². The number of amides is 1. The molecule has 1 saturated heterocycles. The zero-order chi connectivity index (χ0) is 13.6. The number of hydrogen-bond acceptors (Lipinski definition) is 3. The lowest BCUT2D eigenvalue weighted by Gasteiger charge is -2.27. The Hall–Kier alpha value is -0.220. The molecule has 0 aromatic carbocycles. The van der Waals surface area contributed by atoms with Crippen LogP contribution in [0.5, 0.6) is 0 Å². The summed E-state index contributed by atoms with van der Waals surface area (Å²) in [6.07, 6.45) is 2.38. The molecule has 0 aromatic rings. The first kappa shape index (κ1) is 15.8. The van der Waals surface area contributed by atoms with Crippen molar-refractivity contribution in [3.63, 3.8) is 0 Å². The number of rotatable bonds is 5. The van der Waals surface area contributed by atoms with Gasteiger partial charge in [0.25, 0.3) is 0 Å². The van der Waals surface area contributed by atoms with Gasteiger partial charge in [0.1, 0.15) is 0 Å². The highest BCUT2D eigenvalue weighted by Crippen LogP contribution is 2.24. The lowest BCUT2D eigenvalue weighted by molar-refractivity contribution is -0.118. The minimum absolute atomic E-state index is 0.189. The van der Waals surface area contributed by atoms with Crippen LogP contribution in [0.15, 0.2) is 0 Å². The molecule has 3 nitrogen and oxygen atoms in total. The van der Waals surface area contributed by atoms with Crippen LogP contribution in [0.2, 0.25) is 0 Å². The van der Waals surface area contributed by atoms with Gasteiger partial charge in [-0.15, -0.1) is 11.8 Å². The summed E-state index contributed by atoms with van der Waals surface area (Å²) in [5, 5.41) is 7.06. The molecule has 1 heterocycles. The SMILES string of the molecule is CC(CNC(=O)CSC1CCNCC1)C(C)(C)C. The Morgan fingerprint density at radius 1 is 1.39 bits per heavy atom. The number of hydrogen-bond donors (Lipinski definition) is 2. The van der Waals surface area contributed by atoms with E-state index in [1.165, 1.54) is 12.8 Å². The fourth-order valence-electron chi connectivity index (χ4n) is 1.78. The molecule has 0 aliphatic carbocycles. The van der Waals surface area contributed by atoms with Gasteiger partial charge in [-0.3, -0.25) is 4.79 Å². The Balaban J connectivity index is 2.13. The van der Waals surface area contributed by atoms with Gasteiger partial charge in [0.15, 0.2) is 0 Å². The molecule has 0 saturated carbocycles. The molecule has 1 amide bonds. The van der Waals surface area contributed by atoms with Crippen LogP contribution in [-0.2, 0) is 4.79 Å². The fraction of sp³-hybridized carbons (Fsp3) is 0.929. The van der Waals surface area contributed by atoms with Gasteiger partial charge in [0.2, 0.25) is 5.91 Å². The molecule has 2 N–H and O–H groups in total. The van der Waals surface area contributed by atoms with Crippen molar-refractivity contribution in [3.05, 3.63) is 0 Å². The maximum atomic E-state index is 11.8. The summed E-state index contributed by atoms with van der Waals surface area (Å²) in [7, 11) is 0. The molecule has 18 heavy (non-hydrogen) atoms. The first-order chi connectivity index (χ1) is 8.39. The lowest BCUT2D eigenvalue weighted by atomic mass is 9.82. The quantitative estimate of drug-likeness (QED) is 0.807. The van der Waals surface area contributed by atoms with Crippen molar-refractivity contribution in [2.24, 2.45) is 11.3 Å². The van der Waals surface area contributed by atoms with Crippen molar-refractivity contribution in [2.75, 3.05) is 25.4 Å². The van der Waals surface area contributed by atoms with E-state index in [-0.39, 0.29) is 11.3 Å². The minimum Gasteiger partial charge on any atom is -0.355 e. The highest BCUT2D eigenvalue weighted by atomic mass is 32.2. The van der Waals surface area contributed by atoms with Crippen LogP contribution >= 0.6 is 11.8 Å². The Bertz CT molecular complexity index is 257. The van der Waals surface area contributed by atoms with Crippen molar-refractivity contribution in [1.82, 2.24) is 10.6 Å². The molecule has 4 heteroatoms. The first-order valence-corrected chi connectivity index (χ1v) is 8.03. The van der Waals surface area contributed by atoms with Crippen LogP contribution in [0.1, 0.15) is 40.5 Å². The minimum atomic E-state index is 0.189. The predicted molar refractivity (Wildman–Crippen MR) is 80.0 cm³/mol. The van der Waals surface area contributed by atoms with Gasteiger partial charge >= 0.3 is 0 Å². The van der Waals surface area contributed by atoms with Crippen molar-refractivity contribution >= 4 is 17.7 Å². The van der Waals surface area contributed by atoms with Gasteiger partial charge in [0, 0.05) is 11.8 Å². The Morgan fingerprint density at radius 3 is 2.56 bits per heavy atom. The molecular formula is C14H28N2OS. The summed E-state index contributed by atoms with van der Waals surface area (Å²) in [6, 6.07) is 0. The Kier molecular flexibility index (Phi) is 6.50. The van der Waals surface area contributed by atoms with E-state index in [0.717, 1.165) is 19.6 Å². The molecule has 106 valence electrons. The molecular weight excluding hydrogens is 244 g/mol. The Morgan fingerprint density at radius 2 is 2.00 bits per heavy atom. The largest absolute Gasteiger partial charge is 0.355 e. The molecule has 1 aliphatic heterocycles. The van der Waals surface area contributed by atoms with Crippen LogP contribution in [0, 0.1) is 11.3 Å². The first-order valence-electron chi connectivity index (χ1n) is 6.98. The highest BCUT2D eigenvalue weighted by Gasteiger charge is 2.20. The molecule has 1 rings (SSSR count). The smallest absolute Gasteiger partial charge is 0.230 e. The number of nitrogens with one attached hydrogen (secondary N) is 2. The second-order valence-corrected chi connectivity index (χ2v) is 7.62. The van der Waals surface area contributed by atoms with E-state index in [1.807, 2.05) is 11.8 Å². The average molecular weight is 272 g/mol. The van der Waals surface area contributed by atoms with Gasteiger partial charge in [-0.25, -0.2) is 0 Å². The van der Waals surface area contributed by atoms with E-state index >= 15 is 0 Å². The second-order valence-electron chi connectivity index (χ2n) is 6.33. The molecule has 1 unspecified atom stereocenters. The third-order valence-electron chi connectivity index (χ3n) is 3.82. The molecule has 0 aromatic heterocycles. The van der Waals surface area contributed by atoms with Gasteiger partial charge in [0.05, 0.1) is 5.75 Å². The third-order valence-corrected chi connectivity index (χ3v) is 5.19. The number of piperidine rings is 1. The summed E-state index contributed by atoms with van der Waals surface area (Å²) in [5.74, 6) is 1.31. The summed E-state index contributed by atoms with van der Waals surface area (Å²) in [4.78, 5) is 11.8. The zero-order valence-corrected chi connectivity index (χ0v) is 13.0. The van der Waals surface area contributed by atoms with E-state index in [4.69, 9.17) is 0 Å². The standard InChI is InChI=1S/C14H28N2OS/c1-11(14(2,3)4)9-16-13(17)10-18-12-5-7-15-8-6-12/h11-12,15H,5-10H2,1-4H3,(H,16,17). The van der Waals surface area contributed by atoms with Crippen molar-refractivity contribution in [1.29, 1.82) is 0 Å². The molecule has 1 atom stereocenters. The second kappa shape index (κ2) is 7.39. The van der Waals surface area contributed by atoms with Crippen molar-refractivity contribution < 1.29 is 4.79 Å². The van der Waals surface area contributed by atoms with Crippen molar-refractivity contribution in [2.45, 2.75) is 45.8 Å². The zero-order valence-electron chi connectivity index (χ0n) is 12.2. The summed E-state index contributed by atoms with van der Waals surface area (Å²) < 4.78 is 0. The normalized spacial score (nSPS) is 19.6. The fourth-order valence-corrected chi connectivity index (χ4v) is 2.84. The monoisotopic (exact) mass is 272 g/mol. The predicted octanol–water partition coefficient (Wildman–Crippen LogP) is 2.27. The van der Waals surface area contributed by atoms with Crippen LogP contribution in [0.3, 0.4) is 0 Å². The van der Waals surface area contributed by atoms with Crippen LogP contribution in [0.4, 0.5) is 0 Å². The van der Waals surface area contributed by atoms with Gasteiger partial charge in [-0.1, -0.05) is 27.7 Å². The van der Waals surface area contributed by atoms with E-state index < -0.39 is 0 Å².